The van der Waals surface area contributed by atoms with E-state index in [1.807, 2.05) is 41.1 Å². The zero-order valence-electron chi connectivity index (χ0n) is 16.1. The molecular formula is C23H20N2O3S. The van der Waals surface area contributed by atoms with Crippen molar-refractivity contribution in [3.8, 4) is 11.4 Å². The van der Waals surface area contributed by atoms with Gasteiger partial charge in [0.25, 0.3) is 0 Å². The summed E-state index contributed by atoms with van der Waals surface area (Å²) in [6.45, 7) is 0. The summed E-state index contributed by atoms with van der Waals surface area (Å²) in [4.78, 5) is 16.6. The van der Waals surface area contributed by atoms with Gasteiger partial charge in [0.2, 0.25) is 0 Å². The number of nitrogens with zero attached hydrogens (tertiary/aromatic N) is 2. The third-order valence-corrected chi connectivity index (χ3v) is 6.35. The first-order valence-corrected chi connectivity index (χ1v) is 10.6. The van der Waals surface area contributed by atoms with E-state index >= 15 is 0 Å². The third-order valence-electron chi connectivity index (χ3n) is 5.34. The summed E-state index contributed by atoms with van der Waals surface area (Å²) in [6, 6.07) is 13.7. The topological polar surface area (TPSA) is 57.3 Å². The Morgan fingerprint density at radius 2 is 2.03 bits per heavy atom. The molecule has 0 amide bonds. The van der Waals surface area contributed by atoms with Crippen molar-refractivity contribution in [3.63, 3.8) is 0 Å². The van der Waals surface area contributed by atoms with Gasteiger partial charge in [0.05, 0.1) is 12.8 Å². The summed E-state index contributed by atoms with van der Waals surface area (Å²) < 4.78 is 12.8. The fraction of sp³-hybridized carbons (Fsp3) is 0.217. The number of aryl methyl sites for hydroxylation is 2. The molecule has 146 valence electrons. The average Bonchev–Trinajstić information content (AvgIpc) is 3.39. The highest BCUT2D eigenvalue weighted by atomic mass is 32.2. The summed E-state index contributed by atoms with van der Waals surface area (Å²) in [5.41, 5.74) is 5.03. The molecule has 5 rings (SSSR count). The maximum atomic E-state index is 12.1. The Morgan fingerprint density at radius 3 is 2.90 bits per heavy atom. The molecule has 1 aliphatic rings. The lowest BCUT2D eigenvalue weighted by atomic mass is 10.0. The van der Waals surface area contributed by atoms with Crippen molar-refractivity contribution in [2.45, 2.75) is 30.2 Å². The van der Waals surface area contributed by atoms with Crippen LogP contribution >= 0.6 is 11.8 Å². The van der Waals surface area contributed by atoms with Crippen LogP contribution in [0.25, 0.3) is 16.7 Å². The highest BCUT2D eigenvalue weighted by Gasteiger charge is 2.16. The van der Waals surface area contributed by atoms with Crippen LogP contribution < -0.4 is 10.4 Å². The number of rotatable bonds is 5. The van der Waals surface area contributed by atoms with Crippen molar-refractivity contribution in [1.29, 1.82) is 0 Å². The Kier molecular flexibility index (Phi) is 4.64. The van der Waals surface area contributed by atoms with Gasteiger partial charge in [0.15, 0.2) is 5.16 Å². The Bertz CT molecular complexity index is 1260. The number of hydrogen-bond acceptors (Lipinski definition) is 5. The summed E-state index contributed by atoms with van der Waals surface area (Å²) in [5, 5.41) is 1.89. The number of thioether (sulfide) groups is 1. The standard InChI is InChI=1S/C23H20N2O3S/c1-27-19-7-3-6-18(13-19)25-9-8-24-23(25)29-14-17-12-22(26)28-21-11-16-5-2-4-15(16)10-20(17)21/h3,6-13H,2,4-5,14H2,1H3. The Labute approximate surface area is 172 Å². The smallest absolute Gasteiger partial charge is 0.336 e. The molecule has 0 fully saturated rings. The van der Waals surface area contributed by atoms with E-state index in [1.54, 1.807) is 31.1 Å². The molecule has 0 saturated heterocycles. The maximum Gasteiger partial charge on any atom is 0.336 e. The molecule has 6 heteroatoms. The lowest BCUT2D eigenvalue weighted by Crippen LogP contribution is -2.01. The highest BCUT2D eigenvalue weighted by Crippen LogP contribution is 2.32. The minimum atomic E-state index is -0.304. The molecule has 2 heterocycles. The van der Waals surface area contributed by atoms with Gasteiger partial charge in [-0.25, -0.2) is 9.78 Å². The first kappa shape index (κ1) is 18.1. The molecule has 0 spiro atoms. The molecule has 1 aliphatic carbocycles. The zero-order chi connectivity index (χ0) is 19.8. The maximum absolute atomic E-state index is 12.1. The van der Waals surface area contributed by atoms with Gasteiger partial charge in [-0.3, -0.25) is 4.57 Å². The molecule has 0 radical (unpaired) electrons. The SMILES string of the molecule is COc1cccc(-n2ccnc2SCc2cc(=O)oc3cc4c(cc23)CCC4)c1. The Hall–Kier alpha value is -2.99. The number of imidazole rings is 1. The second-order valence-electron chi connectivity index (χ2n) is 7.13. The normalized spacial score (nSPS) is 13.0. The van der Waals surface area contributed by atoms with Crippen molar-refractivity contribution in [1.82, 2.24) is 9.55 Å². The molecule has 0 aliphatic heterocycles. The first-order chi connectivity index (χ1) is 14.2. The van der Waals surface area contributed by atoms with Gasteiger partial charge >= 0.3 is 5.63 Å². The molecule has 0 saturated carbocycles. The quantitative estimate of drug-likeness (QED) is 0.354. The monoisotopic (exact) mass is 404 g/mol. The van der Waals surface area contributed by atoms with Crippen LogP contribution in [0.4, 0.5) is 0 Å². The largest absolute Gasteiger partial charge is 0.497 e. The predicted octanol–water partition coefficient (Wildman–Crippen LogP) is 4.77. The number of methoxy groups -OCH3 is 1. The first-order valence-electron chi connectivity index (χ1n) is 9.60. The molecule has 0 atom stereocenters. The second-order valence-corrected chi connectivity index (χ2v) is 8.07. The summed E-state index contributed by atoms with van der Waals surface area (Å²) in [7, 11) is 1.66. The van der Waals surface area contributed by atoms with Gasteiger partial charge in [-0.15, -0.1) is 0 Å². The van der Waals surface area contributed by atoms with Crippen LogP contribution in [0.2, 0.25) is 0 Å². The molecule has 0 N–H and O–H groups in total. The summed E-state index contributed by atoms with van der Waals surface area (Å²) in [6.07, 6.45) is 7.04. The van der Waals surface area contributed by atoms with Crippen molar-refractivity contribution < 1.29 is 9.15 Å². The number of ether oxygens (including phenoxy) is 1. The van der Waals surface area contributed by atoms with E-state index in [4.69, 9.17) is 9.15 Å². The Morgan fingerprint density at radius 1 is 1.17 bits per heavy atom. The van der Waals surface area contributed by atoms with Crippen LogP contribution in [0.3, 0.4) is 0 Å². The van der Waals surface area contributed by atoms with Gasteiger partial charge in [-0.1, -0.05) is 17.8 Å². The number of hydrogen-bond donors (Lipinski definition) is 0. The zero-order valence-corrected chi connectivity index (χ0v) is 16.9. The van der Waals surface area contributed by atoms with Crippen LogP contribution in [0.1, 0.15) is 23.1 Å². The van der Waals surface area contributed by atoms with E-state index in [2.05, 4.69) is 11.1 Å². The van der Waals surface area contributed by atoms with E-state index in [1.165, 1.54) is 11.1 Å². The van der Waals surface area contributed by atoms with Gasteiger partial charge < -0.3 is 9.15 Å². The summed E-state index contributed by atoms with van der Waals surface area (Å²) >= 11 is 1.60. The van der Waals surface area contributed by atoms with Crippen LogP contribution in [-0.2, 0) is 18.6 Å². The molecule has 0 unspecified atom stereocenters. The van der Waals surface area contributed by atoms with E-state index in [9.17, 15) is 4.79 Å². The van der Waals surface area contributed by atoms with Gasteiger partial charge in [0, 0.05) is 35.7 Å². The lowest BCUT2D eigenvalue weighted by molar-refractivity contribution is 0.414. The number of fused-ring (bicyclic) bond motifs is 2. The van der Waals surface area contributed by atoms with Crippen molar-refractivity contribution in [2.24, 2.45) is 0 Å². The van der Waals surface area contributed by atoms with Crippen LogP contribution in [0.5, 0.6) is 5.75 Å². The van der Waals surface area contributed by atoms with E-state index in [-0.39, 0.29) is 5.63 Å². The molecule has 5 nitrogen and oxygen atoms in total. The fourth-order valence-electron chi connectivity index (χ4n) is 3.91. The van der Waals surface area contributed by atoms with Crippen molar-refractivity contribution in [3.05, 3.63) is 82.0 Å². The second kappa shape index (κ2) is 7.44. The third kappa shape index (κ3) is 3.44. The van der Waals surface area contributed by atoms with Crippen LogP contribution in [0.15, 0.2) is 69.2 Å². The van der Waals surface area contributed by atoms with Crippen LogP contribution in [0, 0.1) is 0 Å². The van der Waals surface area contributed by atoms with E-state index in [0.29, 0.717) is 11.3 Å². The fourth-order valence-corrected chi connectivity index (χ4v) is 4.87. The highest BCUT2D eigenvalue weighted by molar-refractivity contribution is 7.98. The Balaban J connectivity index is 1.48. The molecule has 2 aromatic carbocycles. The predicted molar refractivity (Wildman–Crippen MR) is 114 cm³/mol. The van der Waals surface area contributed by atoms with Crippen molar-refractivity contribution >= 4 is 22.7 Å². The summed E-state index contributed by atoms with van der Waals surface area (Å²) in [5.74, 6) is 1.44. The molecule has 29 heavy (non-hydrogen) atoms. The van der Waals surface area contributed by atoms with E-state index < -0.39 is 0 Å². The van der Waals surface area contributed by atoms with E-state index in [0.717, 1.165) is 46.8 Å². The lowest BCUT2D eigenvalue weighted by Gasteiger charge is -2.10. The average molecular weight is 404 g/mol. The van der Waals surface area contributed by atoms with Gasteiger partial charge in [-0.2, -0.15) is 0 Å². The number of aromatic nitrogens is 2. The number of benzene rings is 2. The molecular weight excluding hydrogens is 384 g/mol. The van der Waals surface area contributed by atoms with Gasteiger partial charge in [-0.05, 0) is 60.2 Å². The molecule has 4 aromatic rings. The minimum Gasteiger partial charge on any atom is -0.497 e. The minimum absolute atomic E-state index is 0.304. The molecule has 0 bridgehead atoms. The van der Waals surface area contributed by atoms with Crippen molar-refractivity contribution in [2.75, 3.05) is 7.11 Å². The molecule has 2 aromatic heterocycles. The van der Waals surface area contributed by atoms with Gasteiger partial charge in [0.1, 0.15) is 11.3 Å². The van der Waals surface area contributed by atoms with Crippen LogP contribution in [-0.4, -0.2) is 16.7 Å².